The number of hydrogen-bond donors (Lipinski definition) is 1. The van der Waals surface area contributed by atoms with E-state index in [9.17, 15) is 27.6 Å². The van der Waals surface area contributed by atoms with Gasteiger partial charge in [0.05, 0.1) is 6.10 Å². The minimum atomic E-state index is -4.96. The lowest BCUT2D eigenvalue weighted by Crippen LogP contribution is -2.36. The first kappa shape index (κ1) is 35.4. The molecular weight excluding hydrogens is 553 g/mol. The highest BCUT2D eigenvalue weighted by molar-refractivity contribution is 5.69. The second kappa shape index (κ2) is 19.4. The van der Waals surface area contributed by atoms with E-state index in [4.69, 9.17) is 20.6 Å². The van der Waals surface area contributed by atoms with Crippen LogP contribution in [0.15, 0.2) is 27.9 Å². The van der Waals surface area contributed by atoms with E-state index in [-0.39, 0.29) is 26.1 Å². The van der Waals surface area contributed by atoms with Crippen molar-refractivity contribution in [3.63, 3.8) is 0 Å². The van der Waals surface area contributed by atoms with Crippen LogP contribution in [0.1, 0.15) is 115 Å². The minimum absolute atomic E-state index is 0.0264. The predicted octanol–water partition coefficient (Wildman–Crippen LogP) is 6.44. The van der Waals surface area contributed by atoms with Gasteiger partial charge < -0.3 is 14.2 Å². The Morgan fingerprint density at radius 1 is 1.07 bits per heavy atom. The zero-order valence-corrected chi connectivity index (χ0v) is 24.6. The van der Waals surface area contributed by atoms with Gasteiger partial charge in [0.25, 0.3) is 5.56 Å². The number of nitrogens with one attached hydrogen (secondary N) is 1. The summed E-state index contributed by atoms with van der Waals surface area (Å²) in [5, 5.41) is 0. The maximum absolute atomic E-state index is 13.2. The van der Waals surface area contributed by atoms with Gasteiger partial charge in [0.15, 0.2) is 0 Å². The largest absolute Gasteiger partial charge is 0.463 e. The van der Waals surface area contributed by atoms with E-state index < -0.39 is 47.4 Å². The summed E-state index contributed by atoms with van der Waals surface area (Å²) in [6.07, 6.45) is 17.7. The predicted molar refractivity (Wildman–Crippen MR) is 154 cm³/mol. The smallest absolute Gasteiger partial charge is 0.423 e. The van der Waals surface area contributed by atoms with Crippen molar-refractivity contribution in [2.24, 2.45) is 0 Å². The average molecular weight is 599 g/mol. The van der Waals surface area contributed by atoms with Gasteiger partial charge in [-0.15, -0.1) is 6.42 Å². The van der Waals surface area contributed by atoms with Crippen LogP contribution in [0.4, 0.5) is 13.2 Å². The molecule has 2 heterocycles. The Balaban J connectivity index is 1.68. The lowest BCUT2D eigenvalue weighted by molar-refractivity contribution is -0.151. The number of hydrogen-bond acceptors (Lipinski definition) is 6. The molecule has 1 N–H and O–H groups in total. The van der Waals surface area contributed by atoms with E-state index in [1.807, 2.05) is 0 Å². The van der Waals surface area contributed by atoms with Crippen molar-refractivity contribution in [3.8, 4) is 12.3 Å². The molecule has 1 aromatic heterocycles. The van der Waals surface area contributed by atoms with Gasteiger partial charge >= 0.3 is 17.8 Å². The number of aromatic amines is 1. The van der Waals surface area contributed by atoms with Crippen LogP contribution in [0.5, 0.6) is 0 Å². The topological polar surface area (TPSA) is 99.6 Å². The minimum Gasteiger partial charge on any atom is -0.463 e. The zero-order valence-electron chi connectivity index (χ0n) is 24.6. The molecule has 1 fully saturated rings. The fourth-order valence-electron chi connectivity index (χ4n) is 4.84. The number of H-pyrrole nitrogens is 1. The molecule has 1 aliphatic rings. The van der Waals surface area contributed by atoms with Crippen LogP contribution >= 0.6 is 0 Å². The molecular formula is C31H45F3N2O6. The van der Waals surface area contributed by atoms with E-state index in [2.05, 4.69) is 25.0 Å². The van der Waals surface area contributed by atoms with Crippen LogP contribution in [-0.2, 0) is 25.2 Å². The van der Waals surface area contributed by atoms with Crippen LogP contribution in [0, 0.1) is 12.3 Å². The molecule has 0 bridgehead atoms. The number of aromatic nitrogens is 2. The van der Waals surface area contributed by atoms with Gasteiger partial charge in [0.2, 0.25) is 0 Å². The number of halogens is 3. The molecule has 1 aromatic rings. The SMILES string of the molecule is C#CCO[C@H]1C[C@H](n2cc(C(F)(F)F)c(=O)[nH]c2=O)O[C@@H]1COC(=O)CCCCCCC/C=C\CCCCCCCC. The average Bonchev–Trinajstić information content (AvgIpc) is 3.34. The first-order valence-electron chi connectivity index (χ1n) is 15.1. The lowest BCUT2D eigenvalue weighted by atomic mass is 10.1. The number of carbonyl (C=O) groups excluding carboxylic acids is 1. The monoisotopic (exact) mass is 598 g/mol. The van der Waals surface area contributed by atoms with Gasteiger partial charge in [-0.3, -0.25) is 19.1 Å². The Morgan fingerprint density at radius 3 is 2.31 bits per heavy atom. The summed E-state index contributed by atoms with van der Waals surface area (Å²) in [6.45, 7) is 1.92. The highest BCUT2D eigenvalue weighted by Gasteiger charge is 2.40. The number of unbranched alkanes of at least 4 members (excludes halogenated alkanes) is 11. The number of terminal acetylenes is 1. The van der Waals surface area contributed by atoms with Gasteiger partial charge in [-0.1, -0.05) is 76.4 Å². The van der Waals surface area contributed by atoms with Gasteiger partial charge in [-0.05, 0) is 32.1 Å². The van der Waals surface area contributed by atoms with E-state index in [1.165, 1.54) is 38.5 Å². The van der Waals surface area contributed by atoms with Crippen molar-refractivity contribution >= 4 is 5.97 Å². The molecule has 0 aliphatic carbocycles. The fourth-order valence-corrected chi connectivity index (χ4v) is 4.84. The van der Waals surface area contributed by atoms with Crippen LogP contribution in [-0.4, -0.2) is 40.9 Å². The third-order valence-electron chi connectivity index (χ3n) is 7.20. The number of nitrogens with zero attached hydrogens (tertiary/aromatic N) is 1. The summed E-state index contributed by atoms with van der Waals surface area (Å²) in [4.78, 5) is 37.8. The third kappa shape index (κ3) is 13.0. The highest BCUT2D eigenvalue weighted by atomic mass is 19.4. The summed E-state index contributed by atoms with van der Waals surface area (Å²) < 4.78 is 56.8. The number of rotatable bonds is 20. The Kier molecular flexibility index (Phi) is 16.3. The number of alkyl halides is 3. The summed E-state index contributed by atoms with van der Waals surface area (Å²) in [6, 6.07) is 0. The summed E-state index contributed by atoms with van der Waals surface area (Å²) in [7, 11) is 0. The molecule has 1 saturated heterocycles. The third-order valence-corrected chi connectivity index (χ3v) is 7.20. The quantitative estimate of drug-likeness (QED) is 0.0803. The molecule has 0 amide bonds. The van der Waals surface area contributed by atoms with Crippen molar-refractivity contribution < 1.29 is 32.2 Å². The molecule has 2 rings (SSSR count). The zero-order chi connectivity index (χ0) is 30.8. The Hall–Kier alpha value is -2.84. The van der Waals surface area contributed by atoms with Gasteiger partial charge in [0.1, 0.15) is 31.1 Å². The summed E-state index contributed by atoms with van der Waals surface area (Å²) in [5.74, 6) is 1.88. The molecule has 42 heavy (non-hydrogen) atoms. The van der Waals surface area contributed by atoms with Crippen molar-refractivity contribution in [3.05, 3.63) is 44.8 Å². The Labute approximate surface area is 246 Å². The first-order chi connectivity index (χ1) is 20.2. The Morgan fingerprint density at radius 2 is 1.69 bits per heavy atom. The van der Waals surface area contributed by atoms with Gasteiger partial charge in [-0.25, -0.2) is 4.79 Å². The lowest BCUT2D eigenvalue weighted by Gasteiger charge is -2.18. The normalized spacial score (nSPS) is 18.9. The molecule has 11 heteroatoms. The Bertz CT molecular complexity index is 1120. The molecule has 236 valence electrons. The van der Waals surface area contributed by atoms with Crippen molar-refractivity contribution in [1.82, 2.24) is 9.55 Å². The highest BCUT2D eigenvalue weighted by Crippen LogP contribution is 2.32. The summed E-state index contributed by atoms with van der Waals surface area (Å²) in [5.41, 5.74) is -4.12. The van der Waals surface area contributed by atoms with Crippen molar-refractivity contribution in [2.75, 3.05) is 13.2 Å². The van der Waals surface area contributed by atoms with E-state index >= 15 is 0 Å². The fraction of sp³-hybridized carbons (Fsp3) is 0.710. The van der Waals surface area contributed by atoms with E-state index in [1.54, 1.807) is 4.98 Å². The second-order valence-corrected chi connectivity index (χ2v) is 10.6. The number of carbonyl (C=O) groups is 1. The molecule has 1 aliphatic heterocycles. The molecule has 8 nitrogen and oxygen atoms in total. The molecule has 0 saturated carbocycles. The van der Waals surface area contributed by atoms with E-state index in [0.717, 1.165) is 38.5 Å². The van der Waals surface area contributed by atoms with Crippen LogP contribution in [0.3, 0.4) is 0 Å². The van der Waals surface area contributed by atoms with Gasteiger partial charge in [0, 0.05) is 19.0 Å². The van der Waals surface area contributed by atoms with Crippen LogP contribution < -0.4 is 11.2 Å². The van der Waals surface area contributed by atoms with E-state index in [0.29, 0.717) is 17.2 Å². The number of allylic oxidation sites excluding steroid dienone is 2. The van der Waals surface area contributed by atoms with Crippen molar-refractivity contribution in [1.29, 1.82) is 0 Å². The maximum atomic E-state index is 13.2. The first-order valence-corrected chi connectivity index (χ1v) is 15.1. The second-order valence-electron chi connectivity index (χ2n) is 10.6. The van der Waals surface area contributed by atoms with Gasteiger partial charge in [-0.2, -0.15) is 13.2 Å². The molecule has 0 unspecified atom stereocenters. The molecule has 0 aromatic carbocycles. The van der Waals surface area contributed by atoms with Crippen molar-refractivity contribution in [2.45, 2.75) is 128 Å². The standard InChI is InChI=1S/C31H45F3N2O6/c1-3-5-6-7-8-9-10-11-12-13-14-15-16-17-18-19-28(37)41-23-26-25(40-20-4-2)21-27(42-26)36-22-24(31(32,33)34)29(38)35-30(36)39/h2,11-12,22,25-27H,3,5-10,13-21,23H2,1H3,(H,35,38,39)/b12-11-/t25-,26+,27+/m0/s1. The van der Waals surface area contributed by atoms with Crippen LogP contribution in [0.25, 0.3) is 0 Å². The number of ether oxygens (including phenoxy) is 3. The number of esters is 1. The molecule has 0 spiro atoms. The maximum Gasteiger partial charge on any atom is 0.423 e. The molecule has 3 atom stereocenters. The molecule has 0 radical (unpaired) electrons. The summed E-state index contributed by atoms with van der Waals surface area (Å²) >= 11 is 0. The van der Waals surface area contributed by atoms with Crippen LogP contribution in [0.2, 0.25) is 0 Å².